The van der Waals surface area contributed by atoms with E-state index in [9.17, 15) is 9.59 Å². The van der Waals surface area contributed by atoms with E-state index in [0.717, 1.165) is 18.8 Å². The van der Waals surface area contributed by atoms with E-state index < -0.39 is 5.54 Å². The zero-order valence-electron chi connectivity index (χ0n) is 15.9. The highest BCUT2D eigenvalue weighted by Crippen LogP contribution is 2.38. The maximum atomic E-state index is 13.3. The van der Waals surface area contributed by atoms with Crippen LogP contribution in [0, 0.1) is 0 Å². The lowest BCUT2D eigenvalue weighted by Crippen LogP contribution is -2.58. The highest BCUT2D eigenvalue weighted by atomic mass is 16.5. The Kier molecular flexibility index (Phi) is 5.58. The second-order valence-corrected chi connectivity index (χ2v) is 7.11. The molecule has 2 aliphatic rings. The fourth-order valence-corrected chi connectivity index (χ4v) is 4.18. The van der Waals surface area contributed by atoms with Crippen LogP contribution in [-0.2, 0) is 16.1 Å². The van der Waals surface area contributed by atoms with Gasteiger partial charge < -0.3 is 9.64 Å². The van der Waals surface area contributed by atoms with Crippen molar-refractivity contribution >= 4 is 11.9 Å². The maximum absolute atomic E-state index is 13.3. The number of rotatable bonds is 6. The molecule has 3 heterocycles. The Hall–Kier alpha value is -1.99. The minimum absolute atomic E-state index is 0.0750. The molecule has 0 aromatic carbocycles. The molecule has 0 unspecified atom stereocenters. The number of hydrogen-bond donors (Lipinski definition) is 0. The summed E-state index contributed by atoms with van der Waals surface area (Å²) in [5.41, 5.74) is 0.0256. The molecule has 2 aliphatic heterocycles. The SMILES string of the molecule is CCN1C(=O)N(Cc2ccccn2)C(=O)C12CCN([C@H](C)COC)CC2. The van der Waals surface area contributed by atoms with Crippen LogP contribution in [0.4, 0.5) is 4.79 Å². The van der Waals surface area contributed by atoms with Crippen LogP contribution < -0.4 is 0 Å². The first kappa shape index (κ1) is 18.8. The molecule has 3 amide bonds. The van der Waals surface area contributed by atoms with E-state index in [1.807, 2.05) is 25.1 Å². The fourth-order valence-electron chi connectivity index (χ4n) is 4.18. The summed E-state index contributed by atoms with van der Waals surface area (Å²) in [6.07, 6.45) is 3.01. The van der Waals surface area contributed by atoms with Gasteiger partial charge in [-0.1, -0.05) is 6.07 Å². The van der Waals surface area contributed by atoms with E-state index in [4.69, 9.17) is 4.74 Å². The predicted molar refractivity (Wildman–Crippen MR) is 97.4 cm³/mol. The van der Waals surface area contributed by atoms with E-state index in [2.05, 4.69) is 16.8 Å². The summed E-state index contributed by atoms with van der Waals surface area (Å²) < 4.78 is 5.25. The molecule has 0 saturated carbocycles. The molecule has 1 spiro atoms. The minimum Gasteiger partial charge on any atom is -0.383 e. The largest absolute Gasteiger partial charge is 0.383 e. The molecule has 2 fully saturated rings. The first-order chi connectivity index (χ1) is 12.5. The molecular formula is C19H28N4O3. The predicted octanol–water partition coefficient (Wildman–Crippen LogP) is 1.74. The van der Waals surface area contributed by atoms with Gasteiger partial charge in [0.2, 0.25) is 0 Å². The first-order valence-electron chi connectivity index (χ1n) is 9.30. The van der Waals surface area contributed by atoms with E-state index in [1.54, 1.807) is 18.2 Å². The number of methoxy groups -OCH3 is 1. The maximum Gasteiger partial charge on any atom is 0.328 e. The third-order valence-electron chi connectivity index (χ3n) is 5.64. The van der Waals surface area contributed by atoms with Crippen LogP contribution in [0.3, 0.4) is 0 Å². The number of urea groups is 1. The van der Waals surface area contributed by atoms with Crippen LogP contribution in [-0.4, -0.2) is 76.6 Å². The van der Waals surface area contributed by atoms with Gasteiger partial charge in [0.1, 0.15) is 5.54 Å². The zero-order valence-corrected chi connectivity index (χ0v) is 15.9. The Labute approximate surface area is 154 Å². The third-order valence-corrected chi connectivity index (χ3v) is 5.64. The Morgan fingerprint density at radius 1 is 1.27 bits per heavy atom. The molecule has 1 aromatic heterocycles. The van der Waals surface area contributed by atoms with Gasteiger partial charge >= 0.3 is 6.03 Å². The molecule has 0 radical (unpaired) electrons. The average Bonchev–Trinajstić information content (AvgIpc) is 2.84. The average molecular weight is 360 g/mol. The van der Waals surface area contributed by atoms with Crippen LogP contribution in [0.2, 0.25) is 0 Å². The van der Waals surface area contributed by atoms with Gasteiger partial charge in [-0.25, -0.2) is 4.79 Å². The normalized spacial score (nSPS) is 21.7. The zero-order chi connectivity index (χ0) is 18.7. The van der Waals surface area contributed by atoms with Gasteiger partial charge in [-0.3, -0.25) is 19.6 Å². The van der Waals surface area contributed by atoms with Gasteiger partial charge in [-0.15, -0.1) is 0 Å². The van der Waals surface area contributed by atoms with Crippen molar-refractivity contribution in [2.45, 2.75) is 44.8 Å². The number of carbonyl (C=O) groups is 2. The Bertz CT molecular complexity index is 643. The molecule has 7 heteroatoms. The second kappa shape index (κ2) is 7.72. The Morgan fingerprint density at radius 3 is 2.58 bits per heavy atom. The second-order valence-electron chi connectivity index (χ2n) is 7.11. The molecule has 1 atom stereocenters. The molecule has 0 N–H and O–H groups in total. The molecule has 142 valence electrons. The summed E-state index contributed by atoms with van der Waals surface area (Å²) in [6.45, 7) is 7.10. The molecule has 3 rings (SSSR count). The number of likely N-dealkylation sites (N-methyl/N-ethyl adjacent to an activating group) is 1. The summed E-state index contributed by atoms with van der Waals surface area (Å²) in [6, 6.07) is 5.66. The number of piperidine rings is 1. The number of hydrogen-bond acceptors (Lipinski definition) is 5. The molecule has 0 bridgehead atoms. The van der Waals surface area contributed by atoms with E-state index in [0.29, 0.717) is 32.0 Å². The van der Waals surface area contributed by atoms with Crippen LogP contribution >= 0.6 is 0 Å². The van der Waals surface area contributed by atoms with Crippen molar-refractivity contribution in [3.63, 3.8) is 0 Å². The summed E-state index contributed by atoms with van der Waals surface area (Å²) >= 11 is 0. The molecule has 7 nitrogen and oxygen atoms in total. The fraction of sp³-hybridized carbons (Fsp3) is 0.632. The van der Waals surface area contributed by atoms with Gasteiger partial charge in [0.25, 0.3) is 5.91 Å². The number of nitrogens with zero attached hydrogens (tertiary/aromatic N) is 4. The van der Waals surface area contributed by atoms with Crippen molar-refractivity contribution in [1.82, 2.24) is 19.7 Å². The van der Waals surface area contributed by atoms with Gasteiger partial charge in [-0.05, 0) is 38.8 Å². The molecular weight excluding hydrogens is 332 g/mol. The van der Waals surface area contributed by atoms with Crippen molar-refractivity contribution in [1.29, 1.82) is 0 Å². The molecule has 26 heavy (non-hydrogen) atoms. The minimum atomic E-state index is -0.704. The molecule has 1 aromatic rings. The van der Waals surface area contributed by atoms with Crippen molar-refractivity contribution in [2.75, 3.05) is 33.4 Å². The quantitative estimate of drug-likeness (QED) is 0.723. The number of imide groups is 1. The standard InChI is InChI=1S/C19H28N4O3/c1-4-23-18(25)22(13-16-7-5-6-10-20-16)17(24)19(23)8-11-21(12-9-19)15(2)14-26-3/h5-7,10,15H,4,8-9,11-14H2,1-3H3/t15-/m1/s1. The van der Waals surface area contributed by atoms with E-state index >= 15 is 0 Å². The van der Waals surface area contributed by atoms with Gasteiger partial charge in [0.15, 0.2) is 0 Å². The molecule has 0 aliphatic carbocycles. The summed E-state index contributed by atoms with van der Waals surface area (Å²) in [5.74, 6) is -0.0750. The third kappa shape index (κ3) is 3.21. The highest BCUT2D eigenvalue weighted by Gasteiger charge is 2.57. The lowest BCUT2D eigenvalue weighted by molar-refractivity contribution is -0.136. The molecule has 2 saturated heterocycles. The number of pyridine rings is 1. The highest BCUT2D eigenvalue weighted by molar-refractivity contribution is 6.07. The first-order valence-corrected chi connectivity index (χ1v) is 9.30. The number of carbonyl (C=O) groups excluding carboxylic acids is 2. The van der Waals surface area contributed by atoms with Gasteiger partial charge in [0.05, 0.1) is 18.8 Å². The summed E-state index contributed by atoms with van der Waals surface area (Å²) in [4.78, 5) is 35.9. The lowest BCUT2D eigenvalue weighted by Gasteiger charge is -2.43. The Balaban J connectivity index is 1.77. The van der Waals surface area contributed by atoms with Crippen molar-refractivity contribution in [3.8, 4) is 0 Å². The summed E-state index contributed by atoms with van der Waals surface area (Å²) in [7, 11) is 1.70. The monoisotopic (exact) mass is 360 g/mol. The van der Waals surface area contributed by atoms with Crippen molar-refractivity contribution < 1.29 is 14.3 Å². The number of ether oxygens (including phenoxy) is 1. The van der Waals surface area contributed by atoms with E-state index in [1.165, 1.54) is 4.90 Å². The van der Waals surface area contributed by atoms with Gasteiger partial charge in [0, 0.05) is 39.0 Å². The topological polar surface area (TPSA) is 66.0 Å². The van der Waals surface area contributed by atoms with E-state index in [-0.39, 0.29) is 18.5 Å². The Morgan fingerprint density at radius 2 is 2.00 bits per heavy atom. The van der Waals surface area contributed by atoms with Crippen LogP contribution in [0.15, 0.2) is 24.4 Å². The van der Waals surface area contributed by atoms with Crippen LogP contribution in [0.25, 0.3) is 0 Å². The van der Waals surface area contributed by atoms with Crippen LogP contribution in [0.5, 0.6) is 0 Å². The lowest BCUT2D eigenvalue weighted by atomic mass is 9.85. The number of likely N-dealkylation sites (tertiary alicyclic amines) is 1. The van der Waals surface area contributed by atoms with Crippen LogP contribution in [0.1, 0.15) is 32.4 Å². The number of aromatic nitrogens is 1. The summed E-state index contributed by atoms with van der Waals surface area (Å²) in [5, 5.41) is 0. The van der Waals surface area contributed by atoms with Crippen molar-refractivity contribution in [2.24, 2.45) is 0 Å². The smallest absolute Gasteiger partial charge is 0.328 e. The van der Waals surface area contributed by atoms with Crippen molar-refractivity contribution in [3.05, 3.63) is 30.1 Å². The number of amides is 3. The van der Waals surface area contributed by atoms with Gasteiger partial charge in [-0.2, -0.15) is 0 Å².